The minimum Gasteiger partial charge on any atom is -0.383 e. The summed E-state index contributed by atoms with van der Waals surface area (Å²) in [4.78, 5) is 16.1. The summed E-state index contributed by atoms with van der Waals surface area (Å²) in [6.45, 7) is 3.98. The molecule has 4 nitrogen and oxygen atoms in total. The number of nitrogens with zero attached hydrogens (tertiary/aromatic N) is 1. The van der Waals surface area contributed by atoms with E-state index in [0.717, 1.165) is 17.2 Å². The van der Waals surface area contributed by atoms with Crippen LogP contribution in [-0.2, 0) is 0 Å². The first-order chi connectivity index (χ1) is 8.61. The van der Waals surface area contributed by atoms with E-state index in [0.29, 0.717) is 11.5 Å². The molecule has 2 rings (SSSR count). The predicted molar refractivity (Wildman–Crippen MR) is 73.4 cm³/mol. The molecule has 18 heavy (non-hydrogen) atoms. The molecule has 0 saturated heterocycles. The summed E-state index contributed by atoms with van der Waals surface area (Å²) in [7, 11) is 0. The number of aromatic nitrogens is 1. The molecule has 0 radical (unpaired) electrons. The van der Waals surface area contributed by atoms with Gasteiger partial charge in [-0.05, 0) is 24.8 Å². The summed E-state index contributed by atoms with van der Waals surface area (Å²) < 4.78 is 0. The Morgan fingerprint density at radius 1 is 1.44 bits per heavy atom. The van der Waals surface area contributed by atoms with Gasteiger partial charge in [0.1, 0.15) is 11.5 Å². The second-order valence-electron chi connectivity index (χ2n) is 4.40. The van der Waals surface area contributed by atoms with E-state index in [1.165, 1.54) is 0 Å². The van der Waals surface area contributed by atoms with E-state index >= 15 is 0 Å². The minimum absolute atomic E-state index is 0.131. The third-order valence-electron chi connectivity index (χ3n) is 2.99. The predicted octanol–water partition coefficient (Wildman–Crippen LogP) is 2.35. The molecule has 1 heterocycles. The molecule has 0 spiro atoms. The van der Waals surface area contributed by atoms with Gasteiger partial charge in [0.2, 0.25) is 0 Å². The molecule has 0 aliphatic heterocycles. The van der Waals surface area contributed by atoms with Gasteiger partial charge in [0.15, 0.2) is 0 Å². The SMILES string of the molecule is CCC(C)NC(=O)c1cc2ccccc2c(N)n1. The summed E-state index contributed by atoms with van der Waals surface area (Å²) in [6.07, 6.45) is 0.884. The van der Waals surface area contributed by atoms with Crippen molar-refractivity contribution in [3.63, 3.8) is 0 Å². The van der Waals surface area contributed by atoms with E-state index in [1.807, 2.05) is 38.1 Å². The van der Waals surface area contributed by atoms with Gasteiger partial charge in [0, 0.05) is 11.4 Å². The summed E-state index contributed by atoms with van der Waals surface area (Å²) in [5, 5.41) is 4.68. The maximum Gasteiger partial charge on any atom is 0.270 e. The molecule has 1 unspecified atom stereocenters. The number of nitrogens with two attached hydrogens (primary N) is 1. The largest absolute Gasteiger partial charge is 0.383 e. The van der Waals surface area contributed by atoms with Gasteiger partial charge in [-0.25, -0.2) is 4.98 Å². The second kappa shape index (κ2) is 5.04. The number of anilines is 1. The van der Waals surface area contributed by atoms with Gasteiger partial charge in [-0.3, -0.25) is 4.79 Å². The first-order valence-electron chi connectivity index (χ1n) is 6.08. The molecule has 1 aromatic heterocycles. The molecule has 1 atom stereocenters. The highest BCUT2D eigenvalue weighted by atomic mass is 16.1. The van der Waals surface area contributed by atoms with Crippen LogP contribution in [0.25, 0.3) is 10.8 Å². The number of hydrogen-bond acceptors (Lipinski definition) is 3. The summed E-state index contributed by atoms with van der Waals surface area (Å²) in [5.41, 5.74) is 6.23. The Kier molecular flexibility index (Phi) is 3.46. The normalized spacial score (nSPS) is 12.3. The topological polar surface area (TPSA) is 68.0 Å². The molecule has 2 aromatic rings. The lowest BCUT2D eigenvalue weighted by molar-refractivity contribution is 0.0934. The summed E-state index contributed by atoms with van der Waals surface area (Å²) >= 11 is 0. The lowest BCUT2D eigenvalue weighted by atomic mass is 10.1. The van der Waals surface area contributed by atoms with E-state index < -0.39 is 0 Å². The minimum atomic E-state index is -0.179. The zero-order valence-corrected chi connectivity index (χ0v) is 10.6. The van der Waals surface area contributed by atoms with Crippen LogP contribution in [0.15, 0.2) is 30.3 Å². The van der Waals surface area contributed by atoms with Crippen molar-refractivity contribution in [1.82, 2.24) is 10.3 Å². The van der Waals surface area contributed by atoms with Crippen LogP contribution >= 0.6 is 0 Å². The van der Waals surface area contributed by atoms with Crippen molar-refractivity contribution in [2.24, 2.45) is 0 Å². The highest BCUT2D eigenvalue weighted by Crippen LogP contribution is 2.19. The summed E-state index contributed by atoms with van der Waals surface area (Å²) in [6, 6.07) is 9.54. The third kappa shape index (κ3) is 2.42. The van der Waals surface area contributed by atoms with Crippen molar-refractivity contribution in [1.29, 1.82) is 0 Å². The van der Waals surface area contributed by atoms with Crippen molar-refractivity contribution < 1.29 is 4.79 Å². The van der Waals surface area contributed by atoms with Crippen LogP contribution in [0.1, 0.15) is 30.8 Å². The maximum atomic E-state index is 12.0. The number of fused-ring (bicyclic) bond motifs is 1. The van der Waals surface area contributed by atoms with Crippen molar-refractivity contribution in [3.8, 4) is 0 Å². The first-order valence-corrected chi connectivity index (χ1v) is 6.08. The van der Waals surface area contributed by atoms with E-state index in [9.17, 15) is 4.79 Å². The standard InChI is InChI=1S/C14H17N3O/c1-3-9(2)16-14(18)12-8-10-6-4-5-7-11(10)13(15)17-12/h4-9H,3H2,1-2H3,(H2,15,17)(H,16,18). The van der Waals surface area contributed by atoms with Gasteiger partial charge in [-0.15, -0.1) is 0 Å². The summed E-state index contributed by atoms with van der Waals surface area (Å²) in [5.74, 6) is 0.212. The first kappa shape index (κ1) is 12.4. The van der Waals surface area contributed by atoms with E-state index in [4.69, 9.17) is 5.73 Å². The van der Waals surface area contributed by atoms with Crippen molar-refractivity contribution in [2.45, 2.75) is 26.3 Å². The molecule has 0 bridgehead atoms. The molecule has 0 aliphatic carbocycles. The Labute approximate surface area is 106 Å². The Morgan fingerprint density at radius 2 is 2.17 bits per heavy atom. The number of carbonyl (C=O) groups excluding carboxylic acids is 1. The number of benzene rings is 1. The van der Waals surface area contributed by atoms with E-state index in [2.05, 4.69) is 10.3 Å². The number of amides is 1. The number of pyridine rings is 1. The lowest BCUT2D eigenvalue weighted by Gasteiger charge is -2.11. The van der Waals surface area contributed by atoms with Crippen molar-refractivity contribution >= 4 is 22.5 Å². The van der Waals surface area contributed by atoms with E-state index in [1.54, 1.807) is 6.07 Å². The fourth-order valence-electron chi connectivity index (χ4n) is 1.74. The van der Waals surface area contributed by atoms with E-state index in [-0.39, 0.29) is 11.9 Å². The fraction of sp³-hybridized carbons (Fsp3) is 0.286. The molecule has 3 N–H and O–H groups in total. The van der Waals surface area contributed by atoms with Crippen LogP contribution in [0.3, 0.4) is 0 Å². The van der Waals surface area contributed by atoms with Gasteiger partial charge >= 0.3 is 0 Å². The molecule has 0 aliphatic rings. The van der Waals surface area contributed by atoms with Crippen LogP contribution in [0.2, 0.25) is 0 Å². The molecule has 0 fully saturated rings. The maximum absolute atomic E-state index is 12.0. The molecule has 4 heteroatoms. The Hall–Kier alpha value is -2.10. The van der Waals surface area contributed by atoms with Crippen molar-refractivity contribution in [3.05, 3.63) is 36.0 Å². The number of carbonyl (C=O) groups is 1. The Morgan fingerprint density at radius 3 is 2.89 bits per heavy atom. The van der Waals surface area contributed by atoms with Gasteiger partial charge in [-0.2, -0.15) is 0 Å². The molecular formula is C14H17N3O. The Bertz CT molecular complexity index is 580. The van der Waals surface area contributed by atoms with Crippen LogP contribution in [-0.4, -0.2) is 16.9 Å². The fourth-order valence-corrected chi connectivity index (χ4v) is 1.74. The van der Waals surface area contributed by atoms with Crippen LogP contribution < -0.4 is 11.1 Å². The monoisotopic (exact) mass is 243 g/mol. The van der Waals surface area contributed by atoms with Crippen molar-refractivity contribution in [2.75, 3.05) is 5.73 Å². The smallest absolute Gasteiger partial charge is 0.270 e. The molecule has 0 saturated carbocycles. The number of rotatable bonds is 3. The molecule has 1 amide bonds. The number of nitrogen functional groups attached to an aromatic ring is 1. The van der Waals surface area contributed by atoms with Crippen LogP contribution in [0.5, 0.6) is 0 Å². The molecule has 1 aromatic carbocycles. The van der Waals surface area contributed by atoms with Crippen LogP contribution in [0.4, 0.5) is 5.82 Å². The Balaban J connectivity index is 2.37. The zero-order valence-electron chi connectivity index (χ0n) is 10.6. The zero-order chi connectivity index (χ0) is 13.1. The number of nitrogens with one attached hydrogen (secondary N) is 1. The van der Waals surface area contributed by atoms with Gasteiger partial charge in [0.25, 0.3) is 5.91 Å². The average molecular weight is 243 g/mol. The highest BCUT2D eigenvalue weighted by Gasteiger charge is 2.12. The molecular weight excluding hydrogens is 226 g/mol. The third-order valence-corrected chi connectivity index (χ3v) is 2.99. The average Bonchev–Trinajstić information content (AvgIpc) is 2.38. The van der Waals surface area contributed by atoms with Gasteiger partial charge in [-0.1, -0.05) is 31.2 Å². The van der Waals surface area contributed by atoms with Crippen LogP contribution in [0, 0.1) is 0 Å². The second-order valence-corrected chi connectivity index (χ2v) is 4.40. The van der Waals surface area contributed by atoms with Gasteiger partial charge in [0.05, 0.1) is 0 Å². The highest BCUT2D eigenvalue weighted by molar-refractivity contribution is 5.99. The quantitative estimate of drug-likeness (QED) is 0.869. The lowest BCUT2D eigenvalue weighted by Crippen LogP contribution is -2.32. The number of hydrogen-bond donors (Lipinski definition) is 2. The van der Waals surface area contributed by atoms with Gasteiger partial charge < -0.3 is 11.1 Å². The molecule has 94 valence electrons.